The molecule has 0 bridgehead atoms. The van der Waals surface area contributed by atoms with Gasteiger partial charge in [-0.25, -0.2) is 4.79 Å². The number of carbonyl (C=O) groups is 1. The van der Waals surface area contributed by atoms with Crippen molar-refractivity contribution in [2.24, 2.45) is 0 Å². The first-order valence-corrected chi connectivity index (χ1v) is 5.17. The van der Waals surface area contributed by atoms with Crippen LogP contribution in [0.3, 0.4) is 0 Å². The molecule has 0 fully saturated rings. The maximum atomic E-state index is 11.5. The molecule has 0 atom stereocenters. The Morgan fingerprint density at radius 2 is 2.27 bits per heavy atom. The van der Waals surface area contributed by atoms with Crippen LogP contribution in [0.5, 0.6) is 0 Å². The summed E-state index contributed by atoms with van der Waals surface area (Å²) in [5, 5.41) is 0. The highest BCUT2D eigenvalue weighted by Gasteiger charge is 2.22. The molecule has 1 aromatic rings. The minimum absolute atomic E-state index is 0.262. The monoisotopic (exact) mass is 205 g/mol. The number of anilines is 1. The van der Waals surface area contributed by atoms with Gasteiger partial charge in [-0.05, 0) is 37.0 Å². The highest BCUT2D eigenvalue weighted by atomic mass is 16.5. The summed E-state index contributed by atoms with van der Waals surface area (Å²) in [5.41, 5.74) is 3.41. The van der Waals surface area contributed by atoms with E-state index >= 15 is 0 Å². The van der Waals surface area contributed by atoms with E-state index in [1.54, 1.807) is 4.90 Å². The van der Waals surface area contributed by atoms with Crippen molar-refractivity contribution >= 4 is 11.8 Å². The van der Waals surface area contributed by atoms with Crippen LogP contribution in [0.4, 0.5) is 10.5 Å². The molecule has 1 amide bonds. The number of amides is 1. The minimum atomic E-state index is -0.262. The zero-order valence-electron chi connectivity index (χ0n) is 9.12. The maximum Gasteiger partial charge on any atom is 0.414 e. The lowest BCUT2D eigenvalue weighted by Crippen LogP contribution is -2.35. The smallest absolute Gasteiger partial charge is 0.414 e. The molecule has 1 aliphatic heterocycles. The summed E-state index contributed by atoms with van der Waals surface area (Å²) >= 11 is 0. The number of fused-ring (bicyclic) bond motifs is 1. The third kappa shape index (κ3) is 1.82. The zero-order chi connectivity index (χ0) is 10.8. The molecule has 0 saturated carbocycles. The number of methoxy groups -OCH3 is 1. The Labute approximate surface area is 89.7 Å². The van der Waals surface area contributed by atoms with E-state index in [4.69, 9.17) is 4.74 Å². The van der Waals surface area contributed by atoms with Gasteiger partial charge in [0, 0.05) is 6.54 Å². The highest BCUT2D eigenvalue weighted by molar-refractivity contribution is 5.89. The van der Waals surface area contributed by atoms with E-state index < -0.39 is 0 Å². The van der Waals surface area contributed by atoms with Crippen molar-refractivity contribution in [2.75, 3.05) is 18.6 Å². The summed E-state index contributed by atoms with van der Waals surface area (Å²) in [4.78, 5) is 13.3. The van der Waals surface area contributed by atoms with Crippen molar-refractivity contribution in [1.82, 2.24) is 0 Å². The number of aryl methyl sites for hydroxylation is 2. The highest BCUT2D eigenvalue weighted by Crippen LogP contribution is 2.28. The van der Waals surface area contributed by atoms with Crippen LogP contribution in [0.25, 0.3) is 0 Å². The van der Waals surface area contributed by atoms with E-state index in [-0.39, 0.29) is 6.09 Å². The van der Waals surface area contributed by atoms with Crippen LogP contribution in [0.2, 0.25) is 0 Å². The molecule has 3 nitrogen and oxygen atoms in total. The first-order chi connectivity index (χ1) is 7.22. The average molecular weight is 205 g/mol. The third-order valence-electron chi connectivity index (χ3n) is 2.75. The normalized spacial score (nSPS) is 14.7. The molecule has 2 rings (SSSR count). The Kier molecular flexibility index (Phi) is 2.62. The van der Waals surface area contributed by atoms with E-state index in [1.165, 1.54) is 18.2 Å². The SMILES string of the molecule is COC(=O)N1CCCc2ccc(C)cc21. The molecule has 0 saturated heterocycles. The molecule has 0 N–H and O–H groups in total. The molecular formula is C12H15NO2. The molecule has 0 unspecified atom stereocenters. The number of carbonyl (C=O) groups excluding carboxylic acids is 1. The van der Waals surface area contributed by atoms with Crippen molar-refractivity contribution in [2.45, 2.75) is 19.8 Å². The molecule has 15 heavy (non-hydrogen) atoms. The van der Waals surface area contributed by atoms with E-state index in [0.717, 1.165) is 25.1 Å². The number of hydrogen-bond acceptors (Lipinski definition) is 2. The molecule has 1 aliphatic rings. The number of rotatable bonds is 0. The lowest BCUT2D eigenvalue weighted by molar-refractivity contribution is 0.178. The van der Waals surface area contributed by atoms with Gasteiger partial charge in [-0.15, -0.1) is 0 Å². The van der Waals surface area contributed by atoms with Gasteiger partial charge in [0.05, 0.1) is 12.8 Å². The first-order valence-electron chi connectivity index (χ1n) is 5.17. The predicted molar refractivity (Wildman–Crippen MR) is 59.3 cm³/mol. The third-order valence-corrected chi connectivity index (χ3v) is 2.75. The molecule has 0 spiro atoms. The van der Waals surface area contributed by atoms with Gasteiger partial charge in [0.1, 0.15) is 0 Å². The van der Waals surface area contributed by atoms with Gasteiger partial charge in [-0.3, -0.25) is 4.90 Å². The predicted octanol–water partition coefficient (Wildman–Crippen LogP) is 2.51. The van der Waals surface area contributed by atoms with Gasteiger partial charge in [0.15, 0.2) is 0 Å². The minimum Gasteiger partial charge on any atom is -0.452 e. The lowest BCUT2D eigenvalue weighted by Gasteiger charge is -2.28. The van der Waals surface area contributed by atoms with Crippen LogP contribution in [-0.4, -0.2) is 19.7 Å². The summed E-state index contributed by atoms with van der Waals surface area (Å²) in [6.45, 7) is 2.79. The second-order valence-corrected chi connectivity index (χ2v) is 3.86. The quantitative estimate of drug-likeness (QED) is 0.651. The standard InChI is InChI=1S/C12H15NO2/c1-9-5-6-10-4-3-7-13(11(10)8-9)12(14)15-2/h5-6,8H,3-4,7H2,1-2H3. The second-order valence-electron chi connectivity index (χ2n) is 3.86. The van der Waals surface area contributed by atoms with Gasteiger partial charge < -0.3 is 4.74 Å². The maximum absolute atomic E-state index is 11.5. The zero-order valence-corrected chi connectivity index (χ0v) is 9.12. The van der Waals surface area contributed by atoms with E-state index in [1.807, 2.05) is 13.0 Å². The lowest BCUT2D eigenvalue weighted by atomic mass is 10.0. The van der Waals surface area contributed by atoms with Crippen molar-refractivity contribution in [1.29, 1.82) is 0 Å². The molecule has 0 aliphatic carbocycles. The fourth-order valence-electron chi connectivity index (χ4n) is 1.98. The number of ether oxygens (including phenoxy) is 1. The largest absolute Gasteiger partial charge is 0.452 e. The molecule has 0 aromatic heterocycles. The number of hydrogen-bond donors (Lipinski definition) is 0. The van der Waals surface area contributed by atoms with Crippen LogP contribution in [0, 0.1) is 6.92 Å². The van der Waals surface area contributed by atoms with Crippen molar-refractivity contribution < 1.29 is 9.53 Å². The van der Waals surface area contributed by atoms with Crippen molar-refractivity contribution in [3.8, 4) is 0 Å². The van der Waals surface area contributed by atoms with E-state index in [9.17, 15) is 4.79 Å². The molecular weight excluding hydrogens is 190 g/mol. The first kappa shape index (κ1) is 10.0. The summed E-state index contributed by atoms with van der Waals surface area (Å²) in [7, 11) is 1.42. The van der Waals surface area contributed by atoms with Crippen molar-refractivity contribution in [3.05, 3.63) is 29.3 Å². The van der Waals surface area contributed by atoms with Crippen LogP contribution in [0.1, 0.15) is 17.5 Å². The molecule has 80 valence electrons. The van der Waals surface area contributed by atoms with Gasteiger partial charge >= 0.3 is 6.09 Å². The number of nitrogens with zero attached hydrogens (tertiary/aromatic N) is 1. The topological polar surface area (TPSA) is 29.5 Å². The van der Waals surface area contributed by atoms with Gasteiger partial charge in [0.25, 0.3) is 0 Å². The van der Waals surface area contributed by atoms with Gasteiger partial charge in [-0.2, -0.15) is 0 Å². The van der Waals surface area contributed by atoms with Gasteiger partial charge in [0.2, 0.25) is 0 Å². The Morgan fingerprint density at radius 1 is 1.47 bits per heavy atom. The molecule has 1 aromatic carbocycles. The fourth-order valence-corrected chi connectivity index (χ4v) is 1.98. The summed E-state index contributed by atoms with van der Waals surface area (Å²) < 4.78 is 4.77. The number of benzene rings is 1. The molecule has 3 heteroatoms. The summed E-state index contributed by atoms with van der Waals surface area (Å²) in [6.07, 6.45) is 1.79. The van der Waals surface area contributed by atoms with Crippen molar-refractivity contribution in [3.63, 3.8) is 0 Å². The van der Waals surface area contributed by atoms with Gasteiger partial charge in [-0.1, -0.05) is 12.1 Å². The van der Waals surface area contributed by atoms with E-state index in [0.29, 0.717) is 0 Å². The summed E-state index contributed by atoms with van der Waals surface area (Å²) in [5.74, 6) is 0. The Bertz CT molecular complexity index is 387. The van der Waals surface area contributed by atoms with Crippen LogP contribution < -0.4 is 4.90 Å². The fraction of sp³-hybridized carbons (Fsp3) is 0.417. The average Bonchev–Trinajstić information content (AvgIpc) is 2.27. The molecule has 0 radical (unpaired) electrons. The Balaban J connectivity index is 2.40. The Hall–Kier alpha value is -1.51. The van der Waals surface area contributed by atoms with Crippen LogP contribution in [0.15, 0.2) is 18.2 Å². The van der Waals surface area contributed by atoms with Crippen LogP contribution in [-0.2, 0) is 11.2 Å². The Morgan fingerprint density at radius 3 is 3.00 bits per heavy atom. The van der Waals surface area contributed by atoms with E-state index in [2.05, 4.69) is 12.1 Å². The summed E-state index contributed by atoms with van der Waals surface area (Å²) in [6, 6.07) is 6.23. The van der Waals surface area contributed by atoms with Crippen LogP contribution >= 0.6 is 0 Å². The second kappa shape index (κ2) is 3.93. The molecule has 1 heterocycles.